The van der Waals surface area contributed by atoms with Gasteiger partial charge >= 0.3 is 0 Å². The van der Waals surface area contributed by atoms with E-state index in [0.717, 1.165) is 5.56 Å². The summed E-state index contributed by atoms with van der Waals surface area (Å²) < 4.78 is 5.40. The Morgan fingerprint density at radius 2 is 2.05 bits per heavy atom. The maximum Gasteiger partial charge on any atom is 0.256 e. The highest BCUT2D eigenvalue weighted by atomic mass is 79.9. The van der Waals surface area contributed by atoms with Gasteiger partial charge in [0.2, 0.25) is 0 Å². The van der Waals surface area contributed by atoms with Crippen molar-refractivity contribution in [2.45, 2.75) is 12.5 Å². The van der Waals surface area contributed by atoms with Gasteiger partial charge in [0.05, 0.1) is 24.5 Å². The molecule has 0 spiro atoms. The van der Waals surface area contributed by atoms with Crippen molar-refractivity contribution >= 4 is 21.8 Å². The Labute approximate surface area is 119 Å². The summed E-state index contributed by atoms with van der Waals surface area (Å²) in [5.74, 6) is -0.268. The number of amides is 1. The number of rotatable bonds is 5. The Hall–Kier alpha value is -1.59. The summed E-state index contributed by atoms with van der Waals surface area (Å²) in [6.45, 7) is -0.115. The van der Waals surface area contributed by atoms with Gasteiger partial charge in [-0.15, -0.1) is 0 Å². The molecule has 0 aliphatic heterocycles. The van der Waals surface area contributed by atoms with Crippen LogP contribution in [-0.4, -0.2) is 23.7 Å². The highest BCUT2D eigenvalue weighted by Crippen LogP contribution is 2.17. The topological polar surface area (TPSA) is 62.5 Å². The molecule has 2 N–H and O–H groups in total. The standard InChI is InChI=1S/C14H14BrNO3/c15-13-12(6-7-19-13)14(18)16-11(9-17)8-10-4-2-1-3-5-10/h1-7,11,17H,8-9H2,(H,16,18)/t11-/m0/s1. The second-order valence-corrected chi connectivity index (χ2v) is 4.87. The first-order chi connectivity index (χ1) is 9.20. The molecular formula is C14H14BrNO3. The Morgan fingerprint density at radius 3 is 2.63 bits per heavy atom. The summed E-state index contributed by atoms with van der Waals surface area (Å²) in [7, 11) is 0. The molecule has 0 saturated carbocycles. The fourth-order valence-electron chi connectivity index (χ4n) is 1.78. The lowest BCUT2D eigenvalue weighted by molar-refractivity contribution is 0.0914. The third-order valence-corrected chi connectivity index (χ3v) is 3.36. The number of aliphatic hydroxyl groups excluding tert-OH is 1. The largest absolute Gasteiger partial charge is 0.457 e. The normalized spacial score (nSPS) is 12.1. The first kappa shape index (κ1) is 13.8. The van der Waals surface area contributed by atoms with Gasteiger partial charge in [0.15, 0.2) is 4.67 Å². The maximum atomic E-state index is 12.0. The monoisotopic (exact) mass is 323 g/mol. The summed E-state index contributed by atoms with van der Waals surface area (Å²) in [6.07, 6.45) is 2.02. The Morgan fingerprint density at radius 1 is 1.32 bits per heavy atom. The third kappa shape index (κ3) is 3.68. The van der Waals surface area contributed by atoms with Gasteiger partial charge < -0.3 is 14.8 Å². The third-order valence-electron chi connectivity index (χ3n) is 2.74. The van der Waals surface area contributed by atoms with E-state index < -0.39 is 0 Å². The predicted molar refractivity (Wildman–Crippen MR) is 74.9 cm³/mol. The van der Waals surface area contributed by atoms with Crippen LogP contribution in [0.25, 0.3) is 0 Å². The Balaban J connectivity index is 2.00. The van der Waals surface area contributed by atoms with E-state index in [4.69, 9.17) is 4.42 Å². The fourth-order valence-corrected chi connectivity index (χ4v) is 2.20. The van der Waals surface area contributed by atoms with Crippen molar-refractivity contribution in [2.24, 2.45) is 0 Å². The molecule has 0 aliphatic rings. The maximum absolute atomic E-state index is 12.0. The second-order valence-electron chi connectivity index (χ2n) is 4.15. The zero-order valence-electron chi connectivity index (χ0n) is 10.2. The minimum absolute atomic E-state index is 0.115. The average Bonchev–Trinajstić information content (AvgIpc) is 2.85. The van der Waals surface area contributed by atoms with Crippen LogP contribution < -0.4 is 5.32 Å². The van der Waals surface area contributed by atoms with Crippen molar-refractivity contribution in [1.29, 1.82) is 0 Å². The van der Waals surface area contributed by atoms with Crippen LogP contribution in [0.15, 0.2) is 51.7 Å². The number of carbonyl (C=O) groups is 1. The second kappa shape index (κ2) is 6.54. The molecule has 1 aromatic carbocycles. The van der Waals surface area contributed by atoms with Crippen LogP contribution in [0.3, 0.4) is 0 Å². The van der Waals surface area contributed by atoms with Gasteiger partial charge in [-0.3, -0.25) is 4.79 Å². The van der Waals surface area contributed by atoms with Gasteiger partial charge in [-0.1, -0.05) is 30.3 Å². The molecule has 1 aromatic heterocycles. The Bertz CT molecular complexity index is 539. The summed E-state index contributed by atoms with van der Waals surface area (Å²) in [5.41, 5.74) is 1.49. The van der Waals surface area contributed by atoms with Crippen molar-refractivity contribution in [3.05, 3.63) is 58.5 Å². The number of aliphatic hydroxyl groups is 1. The number of benzene rings is 1. The van der Waals surface area contributed by atoms with Gasteiger partial charge in [-0.25, -0.2) is 0 Å². The molecule has 2 aromatic rings. The minimum Gasteiger partial charge on any atom is -0.457 e. The molecule has 0 fully saturated rings. The molecule has 0 radical (unpaired) electrons. The average molecular weight is 324 g/mol. The molecule has 2 rings (SSSR count). The first-order valence-electron chi connectivity index (χ1n) is 5.89. The zero-order chi connectivity index (χ0) is 13.7. The van der Waals surface area contributed by atoms with Crippen LogP contribution in [-0.2, 0) is 6.42 Å². The molecule has 1 amide bonds. The van der Waals surface area contributed by atoms with Crippen molar-refractivity contribution in [3.63, 3.8) is 0 Å². The lowest BCUT2D eigenvalue weighted by atomic mass is 10.1. The minimum atomic E-state index is -0.323. The molecule has 1 atom stereocenters. The number of hydrogen-bond donors (Lipinski definition) is 2. The number of hydrogen-bond acceptors (Lipinski definition) is 3. The van der Waals surface area contributed by atoms with Crippen LogP contribution in [0.1, 0.15) is 15.9 Å². The first-order valence-corrected chi connectivity index (χ1v) is 6.68. The van der Waals surface area contributed by atoms with Crippen molar-refractivity contribution in [2.75, 3.05) is 6.61 Å². The van der Waals surface area contributed by atoms with Crippen LogP contribution in [0.4, 0.5) is 0 Å². The van der Waals surface area contributed by atoms with E-state index >= 15 is 0 Å². The predicted octanol–water partition coefficient (Wildman–Crippen LogP) is 2.38. The summed E-state index contributed by atoms with van der Waals surface area (Å²) in [5, 5.41) is 12.1. The molecule has 4 nitrogen and oxygen atoms in total. The molecule has 5 heteroatoms. The van der Waals surface area contributed by atoms with Crippen LogP contribution in [0, 0.1) is 0 Å². The molecule has 19 heavy (non-hydrogen) atoms. The molecule has 0 saturated heterocycles. The summed E-state index contributed by atoms with van der Waals surface area (Å²) >= 11 is 3.16. The number of halogens is 1. The van der Waals surface area contributed by atoms with Crippen LogP contribution >= 0.6 is 15.9 Å². The number of carbonyl (C=O) groups excluding carboxylic acids is 1. The molecular weight excluding hydrogens is 310 g/mol. The van der Waals surface area contributed by atoms with Crippen LogP contribution in [0.5, 0.6) is 0 Å². The fraction of sp³-hybridized carbons (Fsp3) is 0.214. The molecule has 1 heterocycles. The highest BCUT2D eigenvalue weighted by Gasteiger charge is 2.17. The van der Waals surface area contributed by atoms with Gasteiger partial charge in [-0.05, 0) is 34.0 Å². The summed E-state index contributed by atoms with van der Waals surface area (Å²) in [6, 6.07) is 11.0. The zero-order valence-corrected chi connectivity index (χ0v) is 11.8. The van der Waals surface area contributed by atoms with E-state index in [1.54, 1.807) is 6.07 Å². The number of nitrogens with one attached hydrogen (secondary N) is 1. The number of furan rings is 1. The molecule has 0 bridgehead atoms. The molecule has 100 valence electrons. The van der Waals surface area contributed by atoms with Gasteiger partial charge in [0.1, 0.15) is 0 Å². The van der Waals surface area contributed by atoms with E-state index in [2.05, 4.69) is 21.2 Å². The van der Waals surface area contributed by atoms with Gasteiger partial charge in [0.25, 0.3) is 5.91 Å². The van der Waals surface area contributed by atoms with E-state index in [-0.39, 0.29) is 18.6 Å². The summed E-state index contributed by atoms with van der Waals surface area (Å²) in [4.78, 5) is 12.0. The SMILES string of the molecule is O=C(N[C@H](CO)Cc1ccccc1)c1ccoc1Br. The van der Waals surface area contributed by atoms with E-state index in [9.17, 15) is 9.90 Å². The van der Waals surface area contributed by atoms with Crippen molar-refractivity contribution in [1.82, 2.24) is 5.32 Å². The lowest BCUT2D eigenvalue weighted by Gasteiger charge is -2.16. The van der Waals surface area contributed by atoms with Gasteiger partial charge in [0, 0.05) is 0 Å². The smallest absolute Gasteiger partial charge is 0.256 e. The molecule has 0 aliphatic carbocycles. The van der Waals surface area contributed by atoms with Gasteiger partial charge in [-0.2, -0.15) is 0 Å². The van der Waals surface area contributed by atoms with E-state index in [1.165, 1.54) is 6.26 Å². The lowest BCUT2D eigenvalue weighted by Crippen LogP contribution is -2.39. The van der Waals surface area contributed by atoms with Crippen molar-refractivity contribution in [3.8, 4) is 0 Å². The molecule has 0 unspecified atom stereocenters. The highest BCUT2D eigenvalue weighted by molar-refractivity contribution is 9.10. The van der Waals surface area contributed by atoms with Crippen molar-refractivity contribution < 1.29 is 14.3 Å². The van der Waals surface area contributed by atoms with E-state index in [1.807, 2.05) is 30.3 Å². The Kier molecular flexibility index (Phi) is 4.76. The quantitative estimate of drug-likeness (QED) is 0.888. The van der Waals surface area contributed by atoms with E-state index in [0.29, 0.717) is 16.7 Å². The van der Waals surface area contributed by atoms with Crippen LogP contribution in [0.2, 0.25) is 0 Å².